The van der Waals surface area contributed by atoms with Gasteiger partial charge >= 0.3 is 0 Å². The van der Waals surface area contributed by atoms with Gasteiger partial charge in [0.1, 0.15) is 0 Å². The van der Waals surface area contributed by atoms with Gasteiger partial charge in [-0.1, -0.05) is 205 Å². The van der Waals surface area contributed by atoms with E-state index >= 15 is 0 Å². The Kier molecular flexibility index (Phi) is 28.3. The van der Waals surface area contributed by atoms with Gasteiger partial charge in [-0.15, -0.1) is 0 Å². The van der Waals surface area contributed by atoms with Gasteiger partial charge in [-0.3, -0.25) is 0 Å². The summed E-state index contributed by atoms with van der Waals surface area (Å²) >= 11 is 5.84. The molecule has 0 saturated heterocycles. The molecule has 0 N–H and O–H groups in total. The van der Waals surface area contributed by atoms with Crippen LogP contribution in [0.3, 0.4) is 0 Å². The Morgan fingerprint density at radius 1 is 0.481 bits per heavy atom. The summed E-state index contributed by atoms with van der Waals surface area (Å²) in [6, 6.07) is 13.0. The number of aryl methyl sites for hydroxylation is 1. The predicted octanol–water partition coefficient (Wildman–Crippen LogP) is 15.6. The molecule has 2 aromatic rings. The number of unbranched alkanes of at least 4 members (excludes halogenated alkanes) is 21. The topological polar surface area (TPSA) is 27.7 Å². The largest absolute Gasteiger partial charge is 0.490 e. The van der Waals surface area contributed by atoms with Crippen LogP contribution in [0.2, 0.25) is 0 Å². The van der Waals surface area contributed by atoms with Crippen LogP contribution in [0.1, 0.15) is 205 Å². The monoisotopic (exact) mass is 735 g/mol. The lowest BCUT2D eigenvalue weighted by Gasteiger charge is -2.18. The summed E-state index contributed by atoms with van der Waals surface area (Å²) in [6.07, 6.45) is 38.5. The van der Waals surface area contributed by atoms with E-state index in [0.29, 0.717) is 19.8 Å². The Hall–Kier alpha value is -2.33. The second kappa shape index (κ2) is 32.1. The highest BCUT2D eigenvalue weighted by Gasteiger charge is 2.15. The number of hydrogen-bond donors (Lipinski definition) is 0. The van der Waals surface area contributed by atoms with E-state index in [-0.39, 0.29) is 0 Å². The van der Waals surface area contributed by atoms with Gasteiger partial charge in [0.05, 0.1) is 19.8 Å². The molecule has 52 heavy (non-hydrogen) atoms. The Labute approximate surface area is 327 Å². The first-order valence-electron chi connectivity index (χ1n) is 22.0. The number of rotatable bonds is 35. The van der Waals surface area contributed by atoms with E-state index in [1.165, 1.54) is 128 Å². The second-order valence-corrected chi connectivity index (χ2v) is 15.4. The third-order valence-electron chi connectivity index (χ3n) is 10.0. The van der Waals surface area contributed by atoms with Crippen LogP contribution in [0.5, 0.6) is 17.2 Å². The van der Waals surface area contributed by atoms with Gasteiger partial charge in [-0.2, -0.15) is 0 Å². The summed E-state index contributed by atoms with van der Waals surface area (Å²) < 4.78 is 18.7. The first-order chi connectivity index (χ1) is 25.6. The van der Waals surface area contributed by atoms with E-state index in [1.807, 2.05) is 6.08 Å². The smallest absolute Gasteiger partial charge is 0.203 e. The molecule has 2 aromatic carbocycles. The van der Waals surface area contributed by atoms with Crippen molar-refractivity contribution in [3.05, 3.63) is 59.2 Å². The zero-order valence-corrected chi connectivity index (χ0v) is 35.1. The standard InChI is InChI=1S/C48H78O3S/c1-5-9-13-14-15-16-17-18-19-20-21-22-23-24-25-26-27-28-29-30-42-31-34-44(35-32-42)47(52)36-33-43-40-45(49-37-10-6-2)48(51-39-12-8-4)46(41-43)50-38-11-7-3/h31-36,40-41H,5-30,37-39H2,1-4H3. The van der Waals surface area contributed by atoms with Crippen LogP contribution in [0, 0.1) is 0 Å². The van der Waals surface area contributed by atoms with E-state index in [0.717, 1.165) is 78.2 Å². The summed E-state index contributed by atoms with van der Waals surface area (Å²) in [7, 11) is 0. The molecular weight excluding hydrogens is 657 g/mol. The Balaban J connectivity index is 1.69. The summed E-state index contributed by atoms with van der Waals surface area (Å²) in [4.78, 5) is 0.834. The quantitative estimate of drug-likeness (QED) is 0.0305. The Morgan fingerprint density at radius 2 is 0.865 bits per heavy atom. The molecule has 0 aromatic heterocycles. The lowest BCUT2D eigenvalue weighted by Crippen LogP contribution is -2.06. The maximum absolute atomic E-state index is 6.23. The zero-order chi connectivity index (χ0) is 37.3. The van der Waals surface area contributed by atoms with Crippen molar-refractivity contribution < 1.29 is 14.2 Å². The molecule has 0 atom stereocenters. The molecule has 0 amide bonds. The molecule has 0 spiro atoms. The Morgan fingerprint density at radius 3 is 1.29 bits per heavy atom. The molecule has 0 aliphatic rings. The lowest BCUT2D eigenvalue weighted by molar-refractivity contribution is 0.237. The molecule has 294 valence electrons. The van der Waals surface area contributed by atoms with Crippen LogP contribution in [0.4, 0.5) is 0 Å². The van der Waals surface area contributed by atoms with Gasteiger partial charge in [0.2, 0.25) is 5.75 Å². The minimum atomic E-state index is 0.652. The molecule has 0 aliphatic carbocycles. The SMILES string of the molecule is CCCCCCCCCCCCCCCCCCCCCc1ccc(C(=S)C=Cc2cc(OCCCC)c(OCCCC)c(OCCCC)c2)cc1. The fourth-order valence-electron chi connectivity index (χ4n) is 6.53. The highest BCUT2D eigenvalue weighted by Crippen LogP contribution is 2.40. The number of thiocarbonyl (C=S) groups is 1. The van der Waals surface area contributed by atoms with Gasteiger partial charge in [-0.05, 0) is 67.0 Å². The first kappa shape index (κ1) is 45.8. The van der Waals surface area contributed by atoms with Crippen molar-refractivity contribution in [2.24, 2.45) is 0 Å². The minimum Gasteiger partial charge on any atom is -0.490 e. The third kappa shape index (κ3) is 22.0. The molecule has 2 rings (SSSR count). The van der Waals surface area contributed by atoms with E-state index in [1.54, 1.807) is 0 Å². The molecule has 0 saturated carbocycles. The third-order valence-corrected chi connectivity index (χ3v) is 10.4. The molecular formula is C48H78O3S. The van der Waals surface area contributed by atoms with Gasteiger partial charge < -0.3 is 14.2 Å². The molecule has 0 radical (unpaired) electrons. The molecule has 0 heterocycles. The van der Waals surface area contributed by atoms with Gasteiger partial charge in [0.25, 0.3) is 0 Å². The number of hydrogen-bond acceptors (Lipinski definition) is 4. The van der Waals surface area contributed by atoms with Gasteiger partial charge in [-0.25, -0.2) is 0 Å². The van der Waals surface area contributed by atoms with Crippen molar-refractivity contribution >= 4 is 23.2 Å². The summed E-state index contributed by atoms with van der Waals surface area (Å²) in [6.45, 7) is 10.8. The van der Waals surface area contributed by atoms with Crippen LogP contribution in [0.25, 0.3) is 6.08 Å². The number of ether oxygens (including phenoxy) is 3. The number of benzene rings is 2. The normalized spacial score (nSPS) is 11.4. The van der Waals surface area contributed by atoms with Crippen LogP contribution >= 0.6 is 12.2 Å². The zero-order valence-electron chi connectivity index (χ0n) is 34.3. The van der Waals surface area contributed by atoms with Crippen LogP contribution < -0.4 is 14.2 Å². The summed E-state index contributed by atoms with van der Waals surface area (Å²) in [5.74, 6) is 2.23. The lowest BCUT2D eigenvalue weighted by atomic mass is 10.0. The fourth-order valence-corrected chi connectivity index (χ4v) is 6.74. The average Bonchev–Trinajstić information content (AvgIpc) is 3.16. The highest BCUT2D eigenvalue weighted by molar-refractivity contribution is 7.81. The molecule has 0 aliphatic heterocycles. The molecule has 0 fully saturated rings. The van der Waals surface area contributed by atoms with Crippen molar-refractivity contribution in [1.82, 2.24) is 0 Å². The van der Waals surface area contributed by atoms with Crippen molar-refractivity contribution in [3.63, 3.8) is 0 Å². The molecule has 0 bridgehead atoms. The molecule has 3 nitrogen and oxygen atoms in total. The van der Waals surface area contributed by atoms with E-state index in [9.17, 15) is 0 Å². The van der Waals surface area contributed by atoms with Crippen molar-refractivity contribution in [1.29, 1.82) is 0 Å². The summed E-state index contributed by atoms with van der Waals surface area (Å²) in [5.41, 5.74) is 3.49. The van der Waals surface area contributed by atoms with E-state index < -0.39 is 0 Å². The highest BCUT2D eigenvalue weighted by atomic mass is 32.1. The van der Waals surface area contributed by atoms with Gasteiger partial charge in [0.15, 0.2) is 11.5 Å². The van der Waals surface area contributed by atoms with E-state index in [4.69, 9.17) is 26.4 Å². The maximum atomic E-state index is 6.23. The molecule has 0 unspecified atom stereocenters. The fraction of sp³-hybridized carbons (Fsp3) is 0.688. The molecule has 4 heteroatoms. The van der Waals surface area contributed by atoms with Crippen molar-refractivity contribution in [2.45, 2.75) is 195 Å². The average molecular weight is 735 g/mol. The number of allylic oxidation sites excluding steroid dienone is 1. The van der Waals surface area contributed by atoms with Crippen LogP contribution in [-0.4, -0.2) is 24.7 Å². The van der Waals surface area contributed by atoms with Gasteiger partial charge in [0, 0.05) is 4.86 Å². The van der Waals surface area contributed by atoms with E-state index in [2.05, 4.69) is 70.2 Å². The first-order valence-corrected chi connectivity index (χ1v) is 22.4. The Bertz CT molecular complexity index is 1140. The van der Waals surface area contributed by atoms with Crippen LogP contribution in [0.15, 0.2) is 42.5 Å². The van der Waals surface area contributed by atoms with Crippen molar-refractivity contribution in [3.8, 4) is 17.2 Å². The summed E-state index contributed by atoms with van der Waals surface area (Å²) in [5, 5.41) is 0. The maximum Gasteiger partial charge on any atom is 0.203 e. The minimum absolute atomic E-state index is 0.652. The predicted molar refractivity (Wildman–Crippen MR) is 232 cm³/mol. The van der Waals surface area contributed by atoms with Crippen LogP contribution in [-0.2, 0) is 6.42 Å². The second-order valence-electron chi connectivity index (χ2n) is 15.0. The van der Waals surface area contributed by atoms with Crippen molar-refractivity contribution in [2.75, 3.05) is 19.8 Å².